The highest BCUT2D eigenvalue weighted by Gasteiger charge is 2.34. The van der Waals surface area contributed by atoms with Crippen LogP contribution in [0.4, 0.5) is 0 Å². The molecule has 2 N–H and O–H groups in total. The van der Waals surface area contributed by atoms with Gasteiger partial charge >= 0.3 is 0 Å². The van der Waals surface area contributed by atoms with Gasteiger partial charge in [-0.2, -0.15) is 4.31 Å². The third kappa shape index (κ3) is 4.36. The number of carbonyl (C=O) groups excluding carboxylic acids is 1. The molecule has 2 rings (SSSR count). The quantitative estimate of drug-likeness (QED) is 0.779. The Kier molecular flexibility index (Phi) is 6.65. The Bertz CT molecular complexity index is 748. The molecule has 146 valence electrons. The average Bonchev–Trinajstić information content (AvgIpc) is 2.60. The minimum Gasteiger partial charge on any atom is -0.496 e. The van der Waals surface area contributed by atoms with Crippen molar-refractivity contribution in [2.75, 3.05) is 14.2 Å². The lowest BCUT2D eigenvalue weighted by Gasteiger charge is -2.34. The van der Waals surface area contributed by atoms with Crippen LogP contribution in [0, 0.1) is 0 Å². The minimum absolute atomic E-state index is 0.00693. The van der Waals surface area contributed by atoms with Crippen LogP contribution in [0.15, 0.2) is 23.1 Å². The van der Waals surface area contributed by atoms with Crippen molar-refractivity contribution in [3.63, 3.8) is 0 Å². The molecule has 2 atom stereocenters. The van der Waals surface area contributed by atoms with Crippen LogP contribution >= 0.6 is 0 Å². The van der Waals surface area contributed by atoms with Gasteiger partial charge in [-0.25, -0.2) is 8.42 Å². The highest BCUT2D eigenvalue weighted by Crippen LogP contribution is 2.29. The van der Waals surface area contributed by atoms with Gasteiger partial charge in [0.2, 0.25) is 10.0 Å². The van der Waals surface area contributed by atoms with Crippen LogP contribution in [0.5, 0.6) is 5.75 Å². The van der Waals surface area contributed by atoms with Gasteiger partial charge < -0.3 is 15.2 Å². The predicted octanol–water partition coefficient (Wildman–Crippen LogP) is 1.76. The van der Waals surface area contributed by atoms with Crippen LogP contribution in [0.1, 0.15) is 49.9 Å². The van der Waals surface area contributed by atoms with Gasteiger partial charge in [0.25, 0.3) is 5.91 Å². The first kappa shape index (κ1) is 20.7. The molecular weight excluding hydrogens is 356 g/mol. The second-order valence-corrected chi connectivity index (χ2v) is 8.93. The van der Waals surface area contributed by atoms with Gasteiger partial charge in [0.15, 0.2) is 0 Å². The van der Waals surface area contributed by atoms with Crippen LogP contribution in [-0.2, 0) is 10.0 Å². The molecule has 0 spiro atoms. The van der Waals surface area contributed by atoms with Gasteiger partial charge in [-0.3, -0.25) is 4.79 Å². The summed E-state index contributed by atoms with van der Waals surface area (Å²) < 4.78 is 32.5. The predicted molar refractivity (Wildman–Crippen MR) is 98.8 cm³/mol. The molecule has 1 aliphatic rings. The number of likely N-dealkylation sites (N-methyl/N-ethyl adjacent to an activating group) is 1. The summed E-state index contributed by atoms with van der Waals surface area (Å²) in [5.41, 5.74) is 0.167. The van der Waals surface area contributed by atoms with Gasteiger partial charge in [0.05, 0.1) is 29.7 Å². The number of carbonyl (C=O) groups is 1. The minimum atomic E-state index is -3.84. The highest BCUT2D eigenvalue weighted by molar-refractivity contribution is 7.89. The maximum Gasteiger partial charge on any atom is 0.255 e. The van der Waals surface area contributed by atoms with Crippen molar-refractivity contribution in [3.8, 4) is 5.75 Å². The first-order valence-electron chi connectivity index (χ1n) is 8.83. The molecule has 1 amide bonds. The van der Waals surface area contributed by atoms with E-state index in [1.54, 1.807) is 0 Å². The number of methoxy groups -OCH3 is 1. The molecule has 0 aliphatic heterocycles. The molecule has 1 aliphatic carbocycles. The van der Waals surface area contributed by atoms with Crippen LogP contribution in [0.2, 0.25) is 0 Å². The molecule has 1 fully saturated rings. The van der Waals surface area contributed by atoms with Crippen LogP contribution < -0.4 is 10.1 Å². The van der Waals surface area contributed by atoms with E-state index in [0.29, 0.717) is 18.6 Å². The van der Waals surface area contributed by atoms with E-state index in [4.69, 9.17) is 4.74 Å². The SMILES string of the molecule is COc1ccc(S(=O)(=O)N(C)[C@H]2CCCC[C@H]2O)cc1C(=O)NC(C)C. The molecule has 0 aromatic heterocycles. The second-order valence-electron chi connectivity index (χ2n) is 6.93. The van der Waals surface area contributed by atoms with E-state index in [0.717, 1.165) is 12.8 Å². The van der Waals surface area contributed by atoms with Crippen LogP contribution in [0.25, 0.3) is 0 Å². The Morgan fingerprint density at radius 2 is 1.96 bits per heavy atom. The number of benzene rings is 1. The normalized spacial score (nSPS) is 21.0. The Hall–Kier alpha value is -1.64. The maximum atomic E-state index is 13.0. The van der Waals surface area contributed by atoms with E-state index < -0.39 is 28.1 Å². The van der Waals surface area contributed by atoms with Crippen LogP contribution in [0.3, 0.4) is 0 Å². The number of nitrogens with zero attached hydrogens (tertiary/aromatic N) is 1. The fraction of sp³-hybridized carbons (Fsp3) is 0.611. The summed E-state index contributed by atoms with van der Waals surface area (Å²) in [5.74, 6) is -0.0864. The Morgan fingerprint density at radius 3 is 2.54 bits per heavy atom. The van der Waals surface area contributed by atoms with Gasteiger partial charge in [0, 0.05) is 13.1 Å². The Morgan fingerprint density at radius 1 is 1.31 bits per heavy atom. The largest absolute Gasteiger partial charge is 0.496 e. The molecular formula is C18H28N2O5S. The summed E-state index contributed by atoms with van der Waals surface area (Å²) >= 11 is 0. The number of hydrogen-bond acceptors (Lipinski definition) is 5. The zero-order valence-corrected chi connectivity index (χ0v) is 16.5. The summed E-state index contributed by atoms with van der Waals surface area (Å²) in [7, 11) is -0.934. The van der Waals surface area contributed by atoms with Gasteiger partial charge in [0.1, 0.15) is 5.75 Å². The number of sulfonamides is 1. The molecule has 0 radical (unpaired) electrons. The topological polar surface area (TPSA) is 95.9 Å². The molecule has 7 nitrogen and oxygen atoms in total. The van der Waals surface area contributed by atoms with E-state index in [9.17, 15) is 18.3 Å². The van der Waals surface area contributed by atoms with Crippen LogP contribution in [-0.4, -0.2) is 56.1 Å². The first-order valence-corrected chi connectivity index (χ1v) is 10.3. The maximum absolute atomic E-state index is 13.0. The molecule has 0 heterocycles. The fourth-order valence-electron chi connectivity index (χ4n) is 3.23. The lowest BCUT2D eigenvalue weighted by Crippen LogP contribution is -2.46. The van der Waals surface area contributed by atoms with Crippen molar-refractivity contribution in [1.82, 2.24) is 9.62 Å². The third-order valence-electron chi connectivity index (χ3n) is 4.67. The summed E-state index contributed by atoms with van der Waals surface area (Å²) in [4.78, 5) is 12.4. The van der Waals surface area contributed by atoms with Crippen molar-refractivity contribution in [3.05, 3.63) is 23.8 Å². The van der Waals surface area contributed by atoms with Crippen molar-refractivity contribution in [2.45, 2.75) is 62.6 Å². The first-order chi connectivity index (χ1) is 12.2. The van der Waals surface area contributed by atoms with Crippen molar-refractivity contribution >= 4 is 15.9 Å². The zero-order chi connectivity index (χ0) is 19.5. The smallest absolute Gasteiger partial charge is 0.255 e. The summed E-state index contributed by atoms with van der Waals surface area (Å²) in [5, 5.41) is 12.9. The highest BCUT2D eigenvalue weighted by atomic mass is 32.2. The summed E-state index contributed by atoms with van der Waals surface area (Å²) in [6.07, 6.45) is 2.31. The molecule has 1 saturated carbocycles. The molecule has 26 heavy (non-hydrogen) atoms. The van der Waals surface area contributed by atoms with Crippen molar-refractivity contribution < 1.29 is 23.1 Å². The second kappa shape index (κ2) is 8.37. The molecule has 8 heteroatoms. The van der Waals surface area contributed by atoms with Gasteiger partial charge in [-0.15, -0.1) is 0 Å². The number of ether oxygens (including phenoxy) is 1. The molecule has 1 aromatic rings. The van der Waals surface area contributed by atoms with E-state index in [-0.39, 0.29) is 16.5 Å². The van der Waals surface area contributed by atoms with E-state index in [1.807, 2.05) is 13.8 Å². The standard InChI is InChI=1S/C18H28N2O5S/c1-12(2)19-18(22)14-11-13(9-10-17(14)25-4)26(23,24)20(3)15-7-5-6-8-16(15)21/h9-12,15-16,21H,5-8H2,1-4H3,(H,19,22)/t15-,16+/m0/s1. The molecule has 0 saturated heterocycles. The summed E-state index contributed by atoms with van der Waals surface area (Å²) in [6.45, 7) is 3.65. The molecule has 1 aromatic carbocycles. The van der Waals surface area contributed by atoms with Crippen molar-refractivity contribution in [2.24, 2.45) is 0 Å². The molecule has 0 bridgehead atoms. The van der Waals surface area contributed by atoms with E-state index >= 15 is 0 Å². The number of hydrogen-bond donors (Lipinski definition) is 2. The third-order valence-corrected chi connectivity index (χ3v) is 6.55. The van der Waals surface area contributed by atoms with Crippen molar-refractivity contribution in [1.29, 1.82) is 0 Å². The molecule has 0 unspecified atom stereocenters. The fourth-order valence-corrected chi connectivity index (χ4v) is 4.67. The summed E-state index contributed by atoms with van der Waals surface area (Å²) in [6, 6.07) is 3.69. The Labute approximate surface area is 155 Å². The Balaban J connectivity index is 2.38. The number of amides is 1. The van der Waals surface area contributed by atoms with Gasteiger partial charge in [-0.05, 0) is 44.9 Å². The zero-order valence-electron chi connectivity index (χ0n) is 15.7. The number of aliphatic hydroxyl groups is 1. The lowest BCUT2D eigenvalue weighted by atomic mass is 9.93. The van der Waals surface area contributed by atoms with Gasteiger partial charge in [-0.1, -0.05) is 12.8 Å². The average molecular weight is 384 g/mol. The number of aliphatic hydroxyl groups excluding tert-OH is 1. The number of nitrogens with one attached hydrogen (secondary N) is 1. The number of rotatable bonds is 6. The van der Waals surface area contributed by atoms with E-state index in [2.05, 4.69) is 5.32 Å². The van der Waals surface area contributed by atoms with E-state index in [1.165, 1.54) is 36.7 Å². The monoisotopic (exact) mass is 384 g/mol. The lowest BCUT2D eigenvalue weighted by molar-refractivity contribution is 0.0638.